The van der Waals surface area contributed by atoms with Gasteiger partial charge < -0.3 is 9.80 Å². The molecule has 1 aliphatic rings. The zero-order valence-electron chi connectivity index (χ0n) is 13.2. The van der Waals surface area contributed by atoms with E-state index in [-0.39, 0.29) is 5.91 Å². The Bertz CT molecular complexity index is 689. The monoisotopic (exact) mass is 293 g/mol. The standard InChI is InChI=1S/C19H21N2O/c1-14-4-5-17-13-21(11-10-16(17)12-14)19(22)15-6-8-18(9-7-15)20(2)3/h4-9,12H,1,10-11,13H2,2-3H3. The predicted molar refractivity (Wildman–Crippen MR) is 90.1 cm³/mol. The highest BCUT2D eigenvalue weighted by atomic mass is 16.2. The lowest BCUT2D eigenvalue weighted by Gasteiger charge is -2.29. The molecule has 3 rings (SSSR count). The summed E-state index contributed by atoms with van der Waals surface area (Å²) in [6.07, 6.45) is 0.903. The van der Waals surface area contributed by atoms with Gasteiger partial charge in [0.05, 0.1) is 0 Å². The summed E-state index contributed by atoms with van der Waals surface area (Å²) in [6.45, 7) is 5.42. The Kier molecular flexibility index (Phi) is 3.88. The van der Waals surface area contributed by atoms with Crippen LogP contribution in [0.3, 0.4) is 0 Å². The zero-order valence-corrected chi connectivity index (χ0v) is 13.2. The fourth-order valence-electron chi connectivity index (χ4n) is 2.86. The summed E-state index contributed by atoms with van der Waals surface area (Å²) in [5, 5.41) is 0. The molecular formula is C19H21N2O. The SMILES string of the molecule is [CH2]c1ccc2c(c1)CCN(C(=O)c1ccc(N(C)C)cc1)C2. The predicted octanol–water partition coefficient (Wildman–Crippen LogP) is 3.13. The van der Waals surface area contributed by atoms with E-state index in [4.69, 9.17) is 0 Å². The summed E-state index contributed by atoms with van der Waals surface area (Å²) >= 11 is 0. The molecule has 0 aromatic heterocycles. The Balaban J connectivity index is 1.77. The number of carbonyl (C=O) groups is 1. The van der Waals surface area contributed by atoms with Crippen molar-refractivity contribution >= 4 is 11.6 Å². The van der Waals surface area contributed by atoms with Crippen molar-refractivity contribution < 1.29 is 4.79 Å². The van der Waals surface area contributed by atoms with Crippen molar-refractivity contribution in [2.75, 3.05) is 25.5 Å². The Hall–Kier alpha value is -2.29. The van der Waals surface area contributed by atoms with Gasteiger partial charge in [-0.05, 0) is 54.3 Å². The van der Waals surface area contributed by atoms with Gasteiger partial charge in [-0.1, -0.05) is 18.2 Å². The first-order valence-electron chi connectivity index (χ1n) is 7.55. The molecule has 0 atom stereocenters. The molecule has 2 aromatic carbocycles. The Morgan fingerprint density at radius 2 is 1.82 bits per heavy atom. The molecular weight excluding hydrogens is 272 g/mol. The fraction of sp³-hybridized carbons (Fsp3) is 0.263. The second kappa shape index (κ2) is 5.84. The molecule has 22 heavy (non-hydrogen) atoms. The van der Waals surface area contributed by atoms with Crippen LogP contribution < -0.4 is 4.90 Å². The number of nitrogens with zero attached hydrogens (tertiary/aromatic N) is 2. The number of rotatable bonds is 2. The van der Waals surface area contributed by atoms with Crippen LogP contribution >= 0.6 is 0 Å². The van der Waals surface area contributed by atoms with E-state index in [0.29, 0.717) is 6.54 Å². The van der Waals surface area contributed by atoms with E-state index in [0.717, 1.165) is 29.8 Å². The Labute approximate surface area is 132 Å². The van der Waals surface area contributed by atoms with E-state index in [1.807, 2.05) is 54.2 Å². The van der Waals surface area contributed by atoms with Crippen LogP contribution in [0.25, 0.3) is 0 Å². The van der Waals surface area contributed by atoms with Crippen molar-refractivity contribution in [1.29, 1.82) is 0 Å². The molecule has 0 N–H and O–H groups in total. The highest BCUT2D eigenvalue weighted by Crippen LogP contribution is 2.22. The molecule has 0 aliphatic carbocycles. The quantitative estimate of drug-likeness (QED) is 0.849. The summed E-state index contributed by atoms with van der Waals surface area (Å²) in [5.74, 6) is 0.106. The molecule has 0 spiro atoms. The first-order valence-corrected chi connectivity index (χ1v) is 7.55. The van der Waals surface area contributed by atoms with Crippen molar-refractivity contribution in [2.24, 2.45) is 0 Å². The lowest BCUT2D eigenvalue weighted by Crippen LogP contribution is -2.36. The second-order valence-corrected chi connectivity index (χ2v) is 6.02. The average molecular weight is 293 g/mol. The number of carbonyl (C=O) groups excluding carboxylic acids is 1. The molecule has 3 heteroatoms. The van der Waals surface area contributed by atoms with E-state index >= 15 is 0 Å². The van der Waals surface area contributed by atoms with E-state index < -0.39 is 0 Å². The summed E-state index contributed by atoms with van der Waals surface area (Å²) in [5.41, 5.74) is 5.44. The normalized spacial score (nSPS) is 13.7. The molecule has 2 aromatic rings. The van der Waals surface area contributed by atoms with Gasteiger partial charge in [-0.15, -0.1) is 0 Å². The topological polar surface area (TPSA) is 23.6 Å². The van der Waals surface area contributed by atoms with Gasteiger partial charge >= 0.3 is 0 Å². The summed E-state index contributed by atoms with van der Waals surface area (Å²) in [6, 6.07) is 14.0. The molecule has 3 nitrogen and oxygen atoms in total. The van der Waals surface area contributed by atoms with Crippen LogP contribution in [0.15, 0.2) is 42.5 Å². The summed E-state index contributed by atoms with van der Waals surface area (Å²) in [7, 11) is 3.99. The van der Waals surface area contributed by atoms with Gasteiger partial charge in [0.1, 0.15) is 0 Å². The van der Waals surface area contributed by atoms with Gasteiger partial charge in [0.25, 0.3) is 5.91 Å². The molecule has 0 bridgehead atoms. The number of fused-ring (bicyclic) bond motifs is 1. The van der Waals surface area contributed by atoms with E-state index in [1.165, 1.54) is 11.1 Å². The van der Waals surface area contributed by atoms with Crippen molar-refractivity contribution in [2.45, 2.75) is 13.0 Å². The van der Waals surface area contributed by atoms with E-state index in [2.05, 4.69) is 19.1 Å². The summed E-state index contributed by atoms with van der Waals surface area (Å²) < 4.78 is 0. The van der Waals surface area contributed by atoms with Crippen molar-refractivity contribution in [3.05, 3.63) is 71.6 Å². The minimum absolute atomic E-state index is 0.106. The third kappa shape index (κ3) is 2.84. The number of hydrogen-bond acceptors (Lipinski definition) is 2. The van der Waals surface area contributed by atoms with Crippen LogP contribution in [-0.4, -0.2) is 31.4 Å². The largest absolute Gasteiger partial charge is 0.378 e. The number of benzene rings is 2. The minimum Gasteiger partial charge on any atom is -0.378 e. The van der Waals surface area contributed by atoms with Gasteiger partial charge in [-0.2, -0.15) is 0 Å². The number of hydrogen-bond donors (Lipinski definition) is 0. The lowest BCUT2D eigenvalue weighted by atomic mass is 9.97. The highest BCUT2D eigenvalue weighted by molar-refractivity contribution is 5.94. The van der Waals surface area contributed by atoms with Gasteiger partial charge in [0.2, 0.25) is 0 Å². The van der Waals surface area contributed by atoms with Crippen LogP contribution in [0.1, 0.15) is 27.0 Å². The molecule has 113 valence electrons. The maximum atomic E-state index is 12.7. The van der Waals surface area contributed by atoms with Crippen LogP contribution in [0.2, 0.25) is 0 Å². The Morgan fingerprint density at radius 3 is 2.50 bits per heavy atom. The van der Waals surface area contributed by atoms with Crippen LogP contribution in [-0.2, 0) is 13.0 Å². The third-order valence-corrected chi connectivity index (χ3v) is 4.20. The number of amides is 1. The molecule has 0 saturated heterocycles. The first-order chi connectivity index (χ1) is 10.5. The van der Waals surface area contributed by atoms with Crippen LogP contribution in [0.5, 0.6) is 0 Å². The lowest BCUT2D eigenvalue weighted by molar-refractivity contribution is 0.0735. The zero-order chi connectivity index (χ0) is 15.7. The molecule has 1 amide bonds. The third-order valence-electron chi connectivity index (χ3n) is 4.20. The molecule has 0 saturated carbocycles. The van der Waals surface area contributed by atoms with Crippen molar-refractivity contribution in [3.8, 4) is 0 Å². The molecule has 1 heterocycles. The van der Waals surface area contributed by atoms with Gasteiger partial charge in [-0.25, -0.2) is 0 Å². The van der Waals surface area contributed by atoms with Crippen molar-refractivity contribution in [1.82, 2.24) is 4.90 Å². The fourth-order valence-corrected chi connectivity index (χ4v) is 2.86. The maximum absolute atomic E-state index is 12.7. The molecule has 0 unspecified atom stereocenters. The average Bonchev–Trinajstić information content (AvgIpc) is 2.53. The van der Waals surface area contributed by atoms with Crippen LogP contribution in [0, 0.1) is 6.92 Å². The van der Waals surface area contributed by atoms with E-state index in [9.17, 15) is 4.79 Å². The molecule has 1 radical (unpaired) electrons. The highest BCUT2D eigenvalue weighted by Gasteiger charge is 2.21. The smallest absolute Gasteiger partial charge is 0.254 e. The van der Waals surface area contributed by atoms with E-state index in [1.54, 1.807) is 0 Å². The van der Waals surface area contributed by atoms with Gasteiger partial charge in [0, 0.05) is 38.4 Å². The minimum atomic E-state index is 0.106. The van der Waals surface area contributed by atoms with Crippen LogP contribution in [0.4, 0.5) is 5.69 Å². The Morgan fingerprint density at radius 1 is 1.09 bits per heavy atom. The van der Waals surface area contributed by atoms with Gasteiger partial charge in [-0.3, -0.25) is 4.79 Å². The first kappa shape index (κ1) is 14.6. The summed E-state index contributed by atoms with van der Waals surface area (Å²) in [4.78, 5) is 16.6. The molecule has 0 fully saturated rings. The molecule has 1 aliphatic heterocycles. The second-order valence-electron chi connectivity index (χ2n) is 6.02. The van der Waals surface area contributed by atoms with Crippen molar-refractivity contribution in [3.63, 3.8) is 0 Å². The number of anilines is 1. The maximum Gasteiger partial charge on any atom is 0.254 e. The van der Waals surface area contributed by atoms with Gasteiger partial charge in [0.15, 0.2) is 0 Å².